The molecule has 1 fully saturated rings. The van der Waals surface area contributed by atoms with Crippen LogP contribution in [0.1, 0.15) is 19.0 Å². The number of hydrogen-bond acceptors (Lipinski definition) is 2. The molecule has 1 heterocycles. The van der Waals surface area contributed by atoms with Crippen molar-refractivity contribution in [2.45, 2.75) is 20.3 Å². The average Bonchev–Trinajstić information content (AvgIpc) is 2.57. The molecule has 1 aliphatic rings. The molecule has 76 valence electrons. The van der Waals surface area contributed by atoms with Crippen LogP contribution in [0, 0.1) is 13.8 Å². The van der Waals surface area contributed by atoms with Crippen LogP contribution < -0.4 is 10.4 Å². The summed E-state index contributed by atoms with van der Waals surface area (Å²) in [5.41, 5.74) is 6.46. The highest BCUT2D eigenvalue weighted by molar-refractivity contribution is 5.94. The number of carbonyl (C=O) groups is 1. The fraction of sp³-hybridized carbons (Fsp3) is 0.364. The molecule has 3 heteroatoms. The fourth-order valence-electron chi connectivity index (χ4n) is 1.57. The maximum absolute atomic E-state index is 11.4. The first-order valence-corrected chi connectivity index (χ1v) is 4.82. The van der Waals surface area contributed by atoms with Crippen LogP contribution in [0.5, 0.6) is 0 Å². The van der Waals surface area contributed by atoms with Crippen molar-refractivity contribution in [1.29, 1.82) is 0 Å². The van der Waals surface area contributed by atoms with Gasteiger partial charge in [-0.15, -0.1) is 0 Å². The molecule has 1 aromatic rings. The van der Waals surface area contributed by atoms with Crippen molar-refractivity contribution in [3.05, 3.63) is 29.3 Å². The van der Waals surface area contributed by atoms with Crippen molar-refractivity contribution in [2.75, 3.05) is 11.6 Å². The number of benzene rings is 1. The summed E-state index contributed by atoms with van der Waals surface area (Å²) in [5.74, 6) is 0.147. The molecule has 2 rings (SSSR count). The van der Waals surface area contributed by atoms with Crippen LogP contribution in [0.25, 0.3) is 0 Å². The van der Waals surface area contributed by atoms with Gasteiger partial charge in [-0.1, -0.05) is 6.07 Å². The smallest absolute Gasteiger partial charge is 0.242 e. The predicted molar refractivity (Wildman–Crippen MR) is 58.1 cm³/mol. The third kappa shape index (κ3) is 1.51. The third-order valence-corrected chi connectivity index (χ3v) is 2.61. The minimum absolute atomic E-state index is 0. The van der Waals surface area contributed by atoms with Crippen molar-refractivity contribution < 1.29 is 6.22 Å². The van der Waals surface area contributed by atoms with E-state index in [0.717, 1.165) is 12.2 Å². The lowest BCUT2D eigenvalue weighted by Gasteiger charge is -2.16. The quantitative estimate of drug-likeness (QED) is 0.735. The predicted octanol–water partition coefficient (Wildman–Crippen LogP) is 1.79. The van der Waals surface area contributed by atoms with Crippen LogP contribution in [0.4, 0.5) is 5.69 Å². The molecular formula is C11H16N2O. The van der Waals surface area contributed by atoms with Crippen LogP contribution in [-0.2, 0) is 4.79 Å². The van der Waals surface area contributed by atoms with E-state index in [4.69, 9.17) is 0 Å². The van der Waals surface area contributed by atoms with Gasteiger partial charge in [0.15, 0.2) is 0 Å². The van der Waals surface area contributed by atoms with E-state index in [1.165, 1.54) is 11.1 Å². The number of amides is 1. The van der Waals surface area contributed by atoms with E-state index in [2.05, 4.69) is 19.3 Å². The van der Waals surface area contributed by atoms with Crippen LogP contribution in [-0.4, -0.2) is 12.5 Å². The Morgan fingerprint density at radius 2 is 2.14 bits per heavy atom. The second-order valence-electron chi connectivity index (χ2n) is 3.66. The first-order chi connectivity index (χ1) is 6.68. The van der Waals surface area contributed by atoms with Crippen LogP contribution >= 0.6 is 0 Å². The molecule has 1 aromatic carbocycles. The molecule has 0 spiro atoms. The zero-order valence-corrected chi connectivity index (χ0v) is 8.50. The molecule has 0 unspecified atom stereocenters. The molecule has 0 aromatic heterocycles. The van der Waals surface area contributed by atoms with Gasteiger partial charge in [0.1, 0.15) is 0 Å². The lowest BCUT2D eigenvalue weighted by molar-refractivity contribution is -0.117. The fourth-order valence-corrected chi connectivity index (χ4v) is 1.57. The highest BCUT2D eigenvalue weighted by Crippen LogP contribution is 2.19. The SMILES string of the molecule is Cc1ccc(N2NCCC2=O)cc1C.[HH]. The van der Waals surface area contributed by atoms with Crippen LogP contribution in [0.3, 0.4) is 0 Å². The van der Waals surface area contributed by atoms with E-state index in [9.17, 15) is 4.79 Å². The molecule has 1 amide bonds. The van der Waals surface area contributed by atoms with E-state index in [0.29, 0.717) is 6.42 Å². The second-order valence-corrected chi connectivity index (χ2v) is 3.66. The summed E-state index contributed by atoms with van der Waals surface area (Å²) < 4.78 is 0. The van der Waals surface area contributed by atoms with E-state index in [-0.39, 0.29) is 7.33 Å². The molecule has 0 bridgehead atoms. The summed E-state index contributed by atoms with van der Waals surface area (Å²) in [4.78, 5) is 11.4. The number of aryl methyl sites for hydroxylation is 2. The Bertz CT molecular complexity index is 379. The van der Waals surface area contributed by atoms with Gasteiger partial charge in [-0.3, -0.25) is 4.79 Å². The number of carbonyl (C=O) groups excluding carboxylic acids is 1. The first kappa shape index (κ1) is 9.21. The highest BCUT2D eigenvalue weighted by Gasteiger charge is 2.21. The van der Waals surface area contributed by atoms with Crippen molar-refractivity contribution in [3.63, 3.8) is 0 Å². The lowest BCUT2D eigenvalue weighted by atomic mass is 10.1. The molecule has 1 aliphatic heterocycles. The monoisotopic (exact) mass is 192 g/mol. The van der Waals surface area contributed by atoms with Gasteiger partial charge in [0.05, 0.1) is 5.69 Å². The summed E-state index contributed by atoms with van der Waals surface area (Å²) in [6.07, 6.45) is 0.590. The Kier molecular flexibility index (Phi) is 2.25. The number of hydrogen-bond donors (Lipinski definition) is 1. The number of hydrazine groups is 1. The Labute approximate surface area is 85.2 Å². The number of nitrogens with zero attached hydrogens (tertiary/aromatic N) is 1. The minimum atomic E-state index is 0. The van der Waals surface area contributed by atoms with Gasteiger partial charge in [0.2, 0.25) is 5.91 Å². The van der Waals surface area contributed by atoms with Gasteiger partial charge >= 0.3 is 0 Å². The summed E-state index contributed by atoms with van der Waals surface area (Å²) in [6.45, 7) is 4.86. The zero-order chi connectivity index (χ0) is 10.1. The van der Waals surface area contributed by atoms with Crippen molar-refractivity contribution >= 4 is 11.6 Å². The molecule has 14 heavy (non-hydrogen) atoms. The minimum Gasteiger partial charge on any atom is -0.273 e. The van der Waals surface area contributed by atoms with Gasteiger partial charge in [0.25, 0.3) is 0 Å². The zero-order valence-electron chi connectivity index (χ0n) is 8.50. The number of nitrogens with one attached hydrogen (secondary N) is 1. The first-order valence-electron chi connectivity index (χ1n) is 4.82. The topological polar surface area (TPSA) is 32.3 Å². The standard InChI is InChI=1S/C11H14N2O.H2/c1-8-3-4-10(7-9(8)2)13-11(14)5-6-12-13;/h3-4,7,12H,5-6H2,1-2H3;1H. The Morgan fingerprint density at radius 3 is 2.71 bits per heavy atom. The maximum Gasteiger partial charge on any atom is 0.242 e. The van der Waals surface area contributed by atoms with E-state index >= 15 is 0 Å². The van der Waals surface area contributed by atoms with E-state index in [1.807, 2.05) is 18.2 Å². The maximum atomic E-state index is 11.4. The summed E-state index contributed by atoms with van der Waals surface area (Å²) in [5, 5.41) is 1.63. The van der Waals surface area contributed by atoms with Gasteiger partial charge in [-0.2, -0.15) is 0 Å². The highest BCUT2D eigenvalue weighted by atomic mass is 16.2. The second kappa shape index (κ2) is 3.42. The van der Waals surface area contributed by atoms with Gasteiger partial charge in [-0.05, 0) is 37.1 Å². The normalized spacial score (nSPS) is 16.4. The molecule has 0 saturated carbocycles. The molecule has 3 nitrogen and oxygen atoms in total. The molecule has 0 aliphatic carbocycles. The van der Waals surface area contributed by atoms with Gasteiger partial charge in [-0.25, -0.2) is 10.4 Å². The summed E-state index contributed by atoms with van der Waals surface area (Å²) in [7, 11) is 0. The Morgan fingerprint density at radius 1 is 1.36 bits per heavy atom. The van der Waals surface area contributed by atoms with Gasteiger partial charge < -0.3 is 0 Å². The van der Waals surface area contributed by atoms with Crippen molar-refractivity contribution in [1.82, 2.24) is 5.43 Å². The van der Waals surface area contributed by atoms with Crippen LogP contribution in [0.2, 0.25) is 0 Å². The largest absolute Gasteiger partial charge is 0.273 e. The van der Waals surface area contributed by atoms with Crippen molar-refractivity contribution in [3.8, 4) is 0 Å². The van der Waals surface area contributed by atoms with Gasteiger partial charge in [0, 0.05) is 14.4 Å². The summed E-state index contributed by atoms with van der Waals surface area (Å²) >= 11 is 0. The molecule has 0 atom stereocenters. The van der Waals surface area contributed by atoms with E-state index in [1.54, 1.807) is 5.01 Å². The van der Waals surface area contributed by atoms with Crippen molar-refractivity contribution in [2.24, 2.45) is 0 Å². The third-order valence-electron chi connectivity index (χ3n) is 2.61. The number of anilines is 1. The summed E-state index contributed by atoms with van der Waals surface area (Å²) in [6, 6.07) is 6.04. The number of rotatable bonds is 1. The molecule has 1 N–H and O–H groups in total. The molecule has 1 saturated heterocycles. The van der Waals surface area contributed by atoms with Crippen LogP contribution in [0.15, 0.2) is 18.2 Å². The van der Waals surface area contributed by atoms with E-state index < -0.39 is 0 Å². The lowest BCUT2D eigenvalue weighted by Crippen LogP contribution is -2.34. The molecule has 0 radical (unpaired) electrons. The average molecular weight is 192 g/mol. The Hall–Kier alpha value is -1.35. The molecular weight excluding hydrogens is 176 g/mol. The Balaban J connectivity index is 0.00000112.